The van der Waals surface area contributed by atoms with Gasteiger partial charge in [0.15, 0.2) is 0 Å². The molecule has 0 saturated carbocycles. The summed E-state index contributed by atoms with van der Waals surface area (Å²) in [6, 6.07) is 12.0. The van der Waals surface area contributed by atoms with Crippen LogP contribution in [0.4, 0.5) is 10.5 Å². The van der Waals surface area contributed by atoms with Crippen LogP contribution < -0.4 is 11.1 Å². The second-order valence-corrected chi connectivity index (χ2v) is 10.4. The van der Waals surface area contributed by atoms with Crippen LogP contribution in [0, 0.1) is 0 Å². The molecule has 10 heteroatoms. The highest BCUT2D eigenvalue weighted by atomic mass is 16.6. The summed E-state index contributed by atoms with van der Waals surface area (Å²) in [6.07, 6.45) is 2.24. The molecule has 200 valence electrons. The quantitative estimate of drug-likeness (QED) is 0.450. The Hall–Kier alpha value is -4.18. The molecule has 38 heavy (non-hydrogen) atoms. The maximum absolute atomic E-state index is 13.7. The van der Waals surface area contributed by atoms with Crippen molar-refractivity contribution in [3.63, 3.8) is 0 Å². The SMILES string of the molecule is CC(C)(C)OC(=O)N1CCCC1C(=O)Nc1ccccc1C(=O)n1cc(C[C@H](N)C(=O)O)c2ccccc21. The minimum Gasteiger partial charge on any atom is -0.480 e. The van der Waals surface area contributed by atoms with E-state index in [4.69, 9.17) is 10.5 Å². The number of carboxylic acids is 1. The third-order valence-corrected chi connectivity index (χ3v) is 6.37. The lowest BCUT2D eigenvalue weighted by atomic mass is 10.1. The van der Waals surface area contributed by atoms with Crippen LogP contribution in [0.5, 0.6) is 0 Å². The number of anilines is 1. The zero-order valence-electron chi connectivity index (χ0n) is 21.6. The number of hydrogen-bond acceptors (Lipinski definition) is 6. The van der Waals surface area contributed by atoms with Gasteiger partial charge in [0.1, 0.15) is 17.7 Å². The molecule has 3 aromatic rings. The van der Waals surface area contributed by atoms with Gasteiger partial charge in [0.05, 0.1) is 16.8 Å². The number of para-hydroxylation sites is 2. The molecule has 2 aromatic carbocycles. The highest BCUT2D eigenvalue weighted by Crippen LogP contribution is 2.27. The van der Waals surface area contributed by atoms with E-state index in [1.807, 2.05) is 6.07 Å². The largest absolute Gasteiger partial charge is 0.480 e. The Kier molecular flexibility index (Phi) is 7.54. The number of carboxylic acid groups (broad SMARTS) is 1. The molecule has 0 aliphatic carbocycles. The predicted molar refractivity (Wildman–Crippen MR) is 142 cm³/mol. The molecule has 1 saturated heterocycles. The van der Waals surface area contributed by atoms with E-state index in [1.165, 1.54) is 9.47 Å². The Morgan fingerprint density at radius 2 is 1.79 bits per heavy atom. The van der Waals surface area contributed by atoms with E-state index >= 15 is 0 Å². The lowest BCUT2D eigenvalue weighted by Gasteiger charge is -2.28. The Balaban J connectivity index is 1.61. The summed E-state index contributed by atoms with van der Waals surface area (Å²) >= 11 is 0. The van der Waals surface area contributed by atoms with Crippen LogP contribution in [0.25, 0.3) is 10.9 Å². The molecule has 1 aliphatic rings. The third kappa shape index (κ3) is 5.70. The van der Waals surface area contributed by atoms with Crippen molar-refractivity contribution in [2.24, 2.45) is 5.73 Å². The van der Waals surface area contributed by atoms with Crippen molar-refractivity contribution in [1.82, 2.24) is 9.47 Å². The van der Waals surface area contributed by atoms with Gasteiger partial charge in [-0.2, -0.15) is 0 Å². The molecular weight excluding hydrogens is 488 g/mol. The van der Waals surface area contributed by atoms with Crippen molar-refractivity contribution >= 4 is 40.5 Å². The minimum atomic E-state index is -1.13. The summed E-state index contributed by atoms with van der Waals surface area (Å²) in [6.45, 7) is 5.71. The number of carbonyl (C=O) groups is 4. The summed E-state index contributed by atoms with van der Waals surface area (Å²) < 4.78 is 6.90. The Morgan fingerprint density at radius 1 is 1.11 bits per heavy atom. The number of aromatic nitrogens is 1. The molecule has 1 aromatic heterocycles. The number of hydrogen-bond donors (Lipinski definition) is 3. The number of nitrogens with one attached hydrogen (secondary N) is 1. The van der Waals surface area contributed by atoms with Gasteiger partial charge in [0.25, 0.3) is 5.91 Å². The highest BCUT2D eigenvalue weighted by Gasteiger charge is 2.37. The van der Waals surface area contributed by atoms with Crippen LogP contribution in [0.2, 0.25) is 0 Å². The molecule has 1 fully saturated rings. The second-order valence-electron chi connectivity index (χ2n) is 10.4. The van der Waals surface area contributed by atoms with Crippen LogP contribution in [0.15, 0.2) is 54.7 Å². The summed E-state index contributed by atoms with van der Waals surface area (Å²) in [5, 5.41) is 12.8. The first kappa shape index (κ1) is 26.9. The molecule has 2 amide bonds. The molecule has 0 bridgehead atoms. The molecule has 4 rings (SSSR count). The van der Waals surface area contributed by atoms with Crippen molar-refractivity contribution in [1.29, 1.82) is 0 Å². The van der Waals surface area contributed by atoms with Crippen molar-refractivity contribution in [2.45, 2.75) is 57.7 Å². The lowest BCUT2D eigenvalue weighted by Crippen LogP contribution is -2.45. The third-order valence-electron chi connectivity index (χ3n) is 6.37. The van der Waals surface area contributed by atoms with Gasteiger partial charge >= 0.3 is 12.1 Å². The first-order valence-electron chi connectivity index (χ1n) is 12.5. The molecule has 10 nitrogen and oxygen atoms in total. The average molecular weight is 521 g/mol. The summed E-state index contributed by atoms with van der Waals surface area (Å²) in [5.41, 5.74) is 6.85. The first-order chi connectivity index (χ1) is 18.0. The summed E-state index contributed by atoms with van der Waals surface area (Å²) in [4.78, 5) is 52.4. The smallest absolute Gasteiger partial charge is 0.410 e. The molecule has 1 aliphatic heterocycles. The summed E-state index contributed by atoms with van der Waals surface area (Å²) in [5.74, 6) is -1.93. The predicted octanol–water partition coefficient (Wildman–Crippen LogP) is 3.62. The average Bonchev–Trinajstić information content (AvgIpc) is 3.49. The van der Waals surface area contributed by atoms with Crippen LogP contribution in [0.3, 0.4) is 0 Å². The number of benzene rings is 2. The van der Waals surface area contributed by atoms with E-state index in [0.29, 0.717) is 36.2 Å². The van der Waals surface area contributed by atoms with E-state index in [-0.39, 0.29) is 12.0 Å². The second kappa shape index (κ2) is 10.7. The fraction of sp³-hybridized carbons (Fsp3) is 0.357. The van der Waals surface area contributed by atoms with E-state index in [9.17, 15) is 24.3 Å². The van der Waals surface area contributed by atoms with Crippen molar-refractivity contribution in [2.75, 3.05) is 11.9 Å². The number of likely N-dealkylation sites (tertiary alicyclic amines) is 1. The number of carbonyl (C=O) groups excluding carboxylic acids is 3. The molecule has 2 heterocycles. The molecule has 0 radical (unpaired) electrons. The van der Waals surface area contributed by atoms with E-state index < -0.39 is 41.6 Å². The van der Waals surface area contributed by atoms with Gasteiger partial charge in [-0.05, 0) is 57.4 Å². The van der Waals surface area contributed by atoms with Crippen molar-refractivity contribution in [3.05, 3.63) is 65.9 Å². The molecule has 0 spiro atoms. The van der Waals surface area contributed by atoms with E-state index in [0.717, 1.165) is 5.39 Å². The zero-order chi connectivity index (χ0) is 27.6. The number of aliphatic carboxylic acids is 1. The molecule has 1 unspecified atom stereocenters. The summed E-state index contributed by atoms with van der Waals surface area (Å²) in [7, 11) is 0. The molecular formula is C28H32N4O6. The number of amides is 2. The lowest BCUT2D eigenvalue weighted by molar-refractivity contribution is -0.138. The number of nitrogens with two attached hydrogens (primary N) is 1. The number of ether oxygens (including phenoxy) is 1. The number of nitrogens with zero attached hydrogens (tertiary/aromatic N) is 2. The molecule has 4 N–H and O–H groups in total. The van der Waals surface area contributed by atoms with Gasteiger partial charge < -0.3 is 20.9 Å². The van der Waals surface area contributed by atoms with Gasteiger partial charge in [-0.15, -0.1) is 0 Å². The Morgan fingerprint density at radius 3 is 2.50 bits per heavy atom. The molecule has 2 atom stereocenters. The number of fused-ring (bicyclic) bond motifs is 1. The van der Waals surface area contributed by atoms with Gasteiger partial charge in [-0.25, -0.2) is 4.79 Å². The fourth-order valence-electron chi connectivity index (χ4n) is 4.61. The van der Waals surface area contributed by atoms with Crippen LogP contribution in [-0.4, -0.2) is 62.7 Å². The topological polar surface area (TPSA) is 144 Å². The van der Waals surface area contributed by atoms with Crippen LogP contribution in [-0.2, 0) is 20.7 Å². The maximum Gasteiger partial charge on any atom is 0.410 e. The van der Waals surface area contributed by atoms with Crippen molar-refractivity contribution < 1.29 is 29.0 Å². The monoisotopic (exact) mass is 520 g/mol. The highest BCUT2D eigenvalue weighted by molar-refractivity contribution is 6.09. The van der Waals surface area contributed by atoms with Gasteiger partial charge in [-0.3, -0.25) is 23.9 Å². The van der Waals surface area contributed by atoms with E-state index in [2.05, 4.69) is 5.32 Å². The van der Waals surface area contributed by atoms with Gasteiger partial charge in [0.2, 0.25) is 5.91 Å². The Labute approximate surface area is 220 Å². The maximum atomic E-state index is 13.7. The van der Waals surface area contributed by atoms with Crippen molar-refractivity contribution in [3.8, 4) is 0 Å². The first-order valence-corrected chi connectivity index (χ1v) is 12.5. The fourth-order valence-corrected chi connectivity index (χ4v) is 4.61. The minimum absolute atomic E-state index is 0.0523. The Bertz CT molecular complexity index is 1390. The normalized spacial score (nSPS) is 16.3. The zero-order valence-corrected chi connectivity index (χ0v) is 21.6. The van der Waals surface area contributed by atoms with Crippen LogP contribution >= 0.6 is 0 Å². The van der Waals surface area contributed by atoms with Crippen LogP contribution in [0.1, 0.15) is 49.5 Å². The number of rotatable bonds is 6. The standard InChI is InChI=1S/C28H32N4O6/c1-28(2,3)38-27(37)31-14-8-13-23(31)24(33)30-21-11-6-4-10-19(21)25(34)32-16-17(15-20(29)26(35)36)18-9-5-7-12-22(18)32/h4-7,9-12,16,20,23H,8,13-15,29H2,1-3H3,(H,30,33)(H,35,36)/t20-,23?/m0/s1. The van der Waals surface area contributed by atoms with E-state index in [1.54, 1.807) is 69.4 Å². The van der Waals surface area contributed by atoms with Gasteiger partial charge in [-0.1, -0.05) is 30.3 Å². The van der Waals surface area contributed by atoms with Gasteiger partial charge in [0, 0.05) is 24.5 Å².